The molecule has 2 heterocycles. The van der Waals surface area contributed by atoms with Crippen molar-refractivity contribution >= 4 is 23.4 Å². The van der Waals surface area contributed by atoms with Gasteiger partial charge < -0.3 is 5.32 Å². The quantitative estimate of drug-likeness (QED) is 0.708. The first-order chi connectivity index (χ1) is 13.9. The summed E-state index contributed by atoms with van der Waals surface area (Å²) in [5.74, 6) is 0.841. The van der Waals surface area contributed by atoms with Crippen molar-refractivity contribution in [2.24, 2.45) is 0 Å². The SMILES string of the molecule is CC1(C)C(=O)N(C2CCc3cc(F)ccc32)c2nc(Nc3ccccc3)ncc21. The lowest BCUT2D eigenvalue weighted by molar-refractivity contribution is -0.122. The first-order valence-electron chi connectivity index (χ1n) is 9.77. The van der Waals surface area contributed by atoms with Crippen LogP contribution in [0.15, 0.2) is 54.7 Å². The lowest BCUT2D eigenvalue weighted by atomic mass is 9.88. The number of benzene rings is 2. The molecule has 2 aromatic carbocycles. The standard InChI is InChI=1S/C23H21FN4O/c1-23(2)18-13-25-22(26-16-6-4-3-5-7-16)27-20(18)28(21(23)29)19-11-8-14-12-15(24)9-10-17(14)19/h3-7,9-10,12-13,19H,8,11H2,1-2H3,(H,25,26,27). The Balaban J connectivity index is 1.57. The molecular weight excluding hydrogens is 367 g/mol. The first-order valence-corrected chi connectivity index (χ1v) is 9.77. The van der Waals surface area contributed by atoms with Gasteiger partial charge in [0.05, 0.1) is 11.5 Å². The summed E-state index contributed by atoms with van der Waals surface area (Å²) in [5.41, 5.74) is 2.95. The van der Waals surface area contributed by atoms with Gasteiger partial charge in [-0.2, -0.15) is 4.98 Å². The molecule has 1 atom stereocenters. The molecule has 2 aliphatic rings. The third-order valence-corrected chi connectivity index (χ3v) is 5.92. The van der Waals surface area contributed by atoms with Gasteiger partial charge in [-0.05, 0) is 62.1 Å². The van der Waals surface area contributed by atoms with E-state index in [-0.39, 0.29) is 17.8 Å². The van der Waals surface area contributed by atoms with Crippen molar-refractivity contribution < 1.29 is 9.18 Å². The molecule has 0 saturated heterocycles. The number of para-hydroxylation sites is 1. The van der Waals surface area contributed by atoms with E-state index in [1.807, 2.05) is 44.2 Å². The van der Waals surface area contributed by atoms with Crippen LogP contribution in [0.2, 0.25) is 0 Å². The molecule has 1 aliphatic heterocycles. The Bertz CT molecular complexity index is 1110. The van der Waals surface area contributed by atoms with Crippen LogP contribution in [0.4, 0.5) is 21.8 Å². The van der Waals surface area contributed by atoms with Crippen LogP contribution < -0.4 is 10.2 Å². The monoisotopic (exact) mass is 388 g/mol. The summed E-state index contributed by atoms with van der Waals surface area (Å²) < 4.78 is 13.7. The molecule has 0 radical (unpaired) electrons. The van der Waals surface area contributed by atoms with E-state index < -0.39 is 5.41 Å². The number of amides is 1. The Kier molecular flexibility index (Phi) is 3.91. The van der Waals surface area contributed by atoms with Gasteiger partial charge in [0.1, 0.15) is 11.6 Å². The second-order valence-electron chi connectivity index (χ2n) is 8.12. The largest absolute Gasteiger partial charge is 0.324 e. The van der Waals surface area contributed by atoms with Crippen LogP contribution in [0.25, 0.3) is 0 Å². The lowest BCUT2D eigenvalue weighted by Crippen LogP contribution is -2.38. The number of anilines is 3. The van der Waals surface area contributed by atoms with Gasteiger partial charge in [-0.3, -0.25) is 9.69 Å². The molecule has 6 heteroatoms. The highest BCUT2D eigenvalue weighted by molar-refractivity contribution is 6.07. The number of fused-ring (bicyclic) bond motifs is 2. The highest BCUT2D eigenvalue weighted by Gasteiger charge is 2.49. The zero-order valence-corrected chi connectivity index (χ0v) is 16.3. The normalized spacial score (nSPS) is 19.2. The molecule has 5 nitrogen and oxygen atoms in total. The van der Waals surface area contributed by atoms with E-state index in [4.69, 9.17) is 4.98 Å². The average molecular weight is 388 g/mol. The van der Waals surface area contributed by atoms with Crippen LogP contribution in [0, 0.1) is 5.82 Å². The highest BCUT2D eigenvalue weighted by atomic mass is 19.1. The van der Waals surface area contributed by atoms with Crippen LogP contribution in [0.5, 0.6) is 0 Å². The zero-order valence-electron chi connectivity index (χ0n) is 16.3. The number of carbonyl (C=O) groups excluding carboxylic acids is 1. The number of aryl methyl sites for hydroxylation is 1. The summed E-state index contributed by atoms with van der Waals surface area (Å²) in [7, 11) is 0. The first kappa shape index (κ1) is 17.8. The summed E-state index contributed by atoms with van der Waals surface area (Å²) in [6.45, 7) is 3.81. The third-order valence-electron chi connectivity index (χ3n) is 5.92. The van der Waals surface area contributed by atoms with E-state index in [0.29, 0.717) is 11.8 Å². The minimum absolute atomic E-state index is 0.000774. The molecule has 0 bridgehead atoms. The number of nitrogens with one attached hydrogen (secondary N) is 1. The van der Waals surface area contributed by atoms with Crippen molar-refractivity contribution in [1.82, 2.24) is 9.97 Å². The van der Waals surface area contributed by atoms with E-state index in [1.54, 1.807) is 23.2 Å². The van der Waals surface area contributed by atoms with Crippen molar-refractivity contribution in [2.75, 3.05) is 10.2 Å². The van der Waals surface area contributed by atoms with Gasteiger partial charge >= 0.3 is 0 Å². The van der Waals surface area contributed by atoms with Crippen molar-refractivity contribution in [3.63, 3.8) is 0 Å². The molecule has 0 spiro atoms. The molecule has 5 rings (SSSR count). The molecule has 1 unspecified atom stereocenters. The number of halogens is 1. The Labute approximate surface area is 168 Å². The minimum Gasteiger partial charge on any atom is -0.324 e. The maximum atomic E-state index is 13.7. The Morgan fingerprint density at radius 1 is 1.17 bits per heavy atom. The Morgan fingerprint density at radius 3 is 2.76 bits per heavy atom. The average Bonchev–Trinajstić information content (AvgIpc) is 3.19. The summed E-state index contributed by atoms with van der Waals surface area (Å²) in [6, 6.07) is 14.4. The molecule has 1 aromatic heterocycles. The molecule has 1 N–H and O–H groups in total. The van der Waals surface area contributed by atoms with Gasteiger partial charge in [0, 0.05) is 17.4 Å². The molecule has 1 amide bonds. The summed E-state index contributed by atoms with van der Waals surface area (Å²) >= 11 is 0. The van der Waals surface area contributed by atoms with Crippen molar-refractivity contribution in [3.05, 3.63) is 77.2 Å². The maximum absolute atomic E-state index is 13.7. The van der Waals surface area contributed by atoms with Gasteiger partial charge in [0.2, 0.25) is 11.9 Å². The zero-order chi connectivity index (χ0) is 20.2. The third kappa shape index (κ3) is 2.78. The molecule has 1 aliphatic carbocycles. The molecular formula is C23H21FN4O. The molecule has 3 aromatic rings. The number of aromatic nitrogens is 2. The van der Waals surface area contributed by atoms with Crippen molar-refractivity contribution in [2.45, 2.75) is 38.1 Å². The van der Waals surface area contributed by atoms with Crippen LogP contribution in [0.1, 0.15) is 43.0 Å². The summed E-state index contributed by atoms with van der Waals surface area (Å²) in [4.78, 5) is 24.3. The van der Waals surface area contributed by atoms with E-state index >= 15 is 0 Å². The predicted molar refractivity (Wildman–Crippen MR) is 110 cm³/mol. The Morgan fingerprint density at radius 2 is 1.97 bits per heavy atom. The minimum atomic E-state index is -0.705. The van der Waals surface area contributed by atoms with Gasteiger partial charge in [-0.15, -0.1) is 0 Å². The fourth-order valence-corrected chi connectivity index (χ4v) is 4.34. The lowest BCUT2D eigenvalue weighted by Gasteiger charge is -2.27. The summed E-state index contributed by atoms with van der Waals surface area (Å²) in [5, 5.41) is 3.20. The van der Waals surface area contributed by atoms with Gasteiger partial charge in [0.15, 0.2) is 0 Å². The smallest absolute Gasteiger partial charge is 0.239 e. The fraction of sp³-hybridized carbons (Fsp3) is 0.261. The molecule has 29 heavy (non-hydrogen) atoms. The summed E-state index contributed by atoms with van der Waals surface area (Å²) in [6.07, 6.45) is 3.25. The van der Waals surface area contributed by atoms with E-state index in [1.165, 1.54) is 6.07 Å². The Hall–Kier alpha value is -3.28. The number of hydrogen-bond acceptors (Lipinski definition) is 4. The van der Waals surface area contributed by atoms with Crippen LogP contribution in [-0.2, 0) is 16.6 Å². The van der Waals surface area contributed by atoms with Crippen molar-refractivity contribution in [1.29, 1.82) is 0 Å². The number of rotatable bonds is 3. The van der Waals surface area contributed by atoms with Gasteiger partial charge in [-0.1, -0.05) is 24.3 Å². The number of carbonyl (C=O) groups is 1. The van der Waals surface area contributed by atoms with E-state index in [9.17, 15) is 9.18 Å². The van der Waals surface area contributed by atoms with E-state index in [2.05, 4.69) is 10.3 Å². The van der Waals surface area contributed by atoms with E-state index in [0.717, 1.165) is 35.2 Å². The van der Waals surface area contributed by atoms with Gasteiger partial charge in [0.25, 0.3) is 0 Å². The predicted octanol–water partition coefficient (Wildman–Crippen LogP) is 4.67. The van der Waals surface area contributed by atoms with Crippen LogP contribution in [-0.4, -0.2) is 15.9 Å². The molecule has 0 saturated carbocycles. The van der Waals surface area contributed by atoms with Crippen LogP contribution >= 0.6 is 0 Å². The second kappa shape index (κ2) is 6.37. The van der Waals surface area contributed by atoms with Gasteiger partial charge in [-0.25, -0.2) is 9.37 Å². The molecule has 146 valence electrons. The fourth-order valence-electron chi connectivity index (χ4n) is 4.34. The number of nitrogens with zero attached hydrogens (tertiary/aromatic N) is 3. The van der Waals surface area contributed by atoms with Crippen molar-refractivity contribution in [3.8, 4) is 0 Å². The second-order valence-corrected chi connectivity index (χ2v) is 8.12. The molecule has 0 fully saturated rings. The maximum Gasteiger partial charge on any atom is 0.239 e. The van der Waals surface area contributed by atoms with Crippen LogP contribution in [0.3, 0.4) is 0 Å². The number of hydrogen-bond donors (Lipinski definition) is 1. The highest BCUT2D eigenvalue weighted by Crippen LogP contribution is 2.48. The topological polar surface area (TPSA) is 58.1 Å².